The van der Waals surface area contributed by atoms with Crippen LogP contribution in [0.5, 0.6) is 0 Å². The maximum atomic E-state index is 4.72. The van der Waals surface area contributed by atoms with Crippen LogP contribution < -0.4 is 5.32 Å². The predicted octanol–water partition coefficient (Wildman–Crippen LogP) is 2.87. The SMILES string of the molecule is CCN1CCCC[C@@H]1c1nc(C)cc(Nc2cnccn2)n1. The van der Waals surface area contributed by atoms with Gasteiger partial charge in [0.1, 0.15) is 17.5 Å². The van der Waals surface area contributed by atoms with E-state index in [0.29, 0.717) is 11.9 Å². The molecule has 1 saturated heterocycles. The molecule has 1 atom stereocenters. The second-order valence-electron chi connectivity index (χ2n) is 5.61. The summed E-state index contributed by atoms with van der Waals surface area (Å²) in [4.78, 5) is 20.1. The van der Waals surface area contributed by atoms with Gasteiger partial charge in [0.15, 0.2) is 0 Å². The highest BCUT2D eigenvalue weighted by Crippen LogP contribution is 2.29. The first-order valence-corrected chi connectivity index (χ1v) is 7.89. The molecule has 2 aromatic heterocycles. The molecule has 0 aliphatic carbocycles. The molecule has 0 bridgehead atoms. The van der Waals surface area contributed by atoms with Crippen LogP contribution in [0.3, 0.4) is 0 Å². The third-order valence-corrected chi connectivity index (χ3v) is 4.01. The highest BCUT2D eigenvalue weighted by Gasteiger charge is 2.25. The first-order chi connectivity index (χ1) is 10.8. The van der Waals surface area contributed by atoms with E-state index in [4.69, 9.17) is 4.98 Å². The van der Waals surface area contributed by atoms with E-state index in [0.717, 1.165) is 36.8 Å². The zero-order valence-corrected chi connectivity index (χ0v) is 13.2. The van der Waals surface area contributed by atoms with Crippen LogP contribution in [-0.2, 0) is 0 Å². The monoisotopic (exact) mass is 298 g/mol. The van der Waals surface area contributed by atoms with E-state index in [1.165, 1.54) is 12.8 Å². The summed E-state index contributed by atoms with van der Waals surface area (Å²) < 4.78 is 0. The summed E-state index contributed by atoms with van der Waals surface area (Å²) >= 11 is 0. The van der Waals surface area contributed by atoms with Crippen molar-refractivity contribution < 1.29 is 0 Å². The fourth-order valence-corrected chi connectivity index (χ4v) is 2.96. The Hall–Kier alpha value is -2.08. The zero-order chi connectivity index (χ0) is 15.4. The van der Waals surface area contributed by atoms with Crippen LogP contribution in [-0.4, -0.2) is 37.9 Å². The van der Waals surface area contributed by atoms with E-state index in [1.807, 2.05) is 13.0 Å². The molecule has 0 aromatic carbocycles. The molecule has 1 aliphatic heterocycles. The summed E-state index contributed by atoms with van der Waals surface area (Å²) in [5.41, 5.74) is 0.970. The van der Waals surface area contributed by atoms with E-state index < -0.39 is 0 Å². The number of rotatable bonds is 4. The first-order valence-electron chi connectivity index (χ1n) is 7.89. The van der Waals surface area contributed by atoms with E-state index >= 15 is 0 Å². The summed E-state index contributed by atoms with van der Waals surface area (Å²) in [5.74, 6) is 2.39. The van der Waals surface area contributed by atoms with E-state index in [1.54, 1.807) is 18.6 Å². The van der Waals surface area contributed by atoms with Crippen LogP contribution >= 0.6 is 0 Å². The molecule has 3 rings (SSSR count). The Morgan fingerprint density at radius 1 is 1.23 bits per heavy atom. The van der Waals surface area contributed by atoms with Crippen LogP contribution in [0.4, 0.5) is 11.6 Å². The molecule has 0 radical (unpaired) electrons. The minimum atomic E-state index is 0.320. The van der Waals surface area contributed by atoms with Gasteiger partial charge in [-0.1, -0.05) is 13.3 Å². The number of aryl methyl sites for hydroxylation is 1. The van der Waals surface area contributed by atoms with Crippen LogP contribution in [0.15, 0.2) is 24.7 Å². The van der Waals surface area contributed by atoms with Crippen LogP contribution in [0.1, 0.15) is 43.7 Å². The van der Waals surface area contributed by atoms with Gasteiger partial charge >= 0.3 is 0 Å². The summed E-state index contributed by atoms with van der Waals surface area (Å²) in [7, 11) is 0. The van der Waals surface area contributed by atoms with Crippen molar-refractivity contribution in [2.45, 2.75) is 39.2 Å². The smallest absolute Gasteiger partial charge is 0.150 e. The second kappa shape index (κ2) is 6.79. The quantitative estimate of drug-likeness (QED) is 0.936. The van der Waals surface area contributed by atoms with Gasteiger partial charge in [-0.15, -0.1) is 0 Å². The highest BCUT2D eigenvalue weighted by atomic mass is 15.2. The molecule has 0 unspecified atom stereocenters. The van der Waals surface area contributed by atoms with Crippen molar-refractivity contribution in [1.29, 1.82) is 0 Å². The normalized spacial score (nSPS) is 19.1. The standard InChI is InChI=1S/C16H22N6/c1-3-22-9-5-4-6-13(22)16-19-12(2)10-14(21-16)20-15-11-17-7-8-18-15/h7-8,10-11,13H,3-6,9H2,1-2H3,(H,18,19,20,21)/t13-/m1/s1. The number of likely N-dealkylation sites (tertiary alicyclic amines) is 1. The summed E-state index contributed by atoms with van der Waals surface area (Å²) in [6.45, 7) is 6.37. The molecule has 22 heavy (non-hydrogen) atoms. The fraction of sp³-hybridized carbons (Fsp3) is 0.500. The molecule has 3 heterocycles. The lowest BCUT2D eigenvalue weighted by Crippen LogP contribution is -2.34. The number of piperidine rings is 1. The predicted molar refractivity (Wildman–Crippen MR) is 85.9 cm³/mol. The maximum Gasteiger partial charge on any atom is 0.150 e. The topological polar surface area (TPSA) is 66.8 Å². The summed E-state index contributed by atoms with van der Waals surface area (Å²) in [5, 5.41) is 3.21. The molecule has 1 fully saturated rings. The third kappa shape index (κ3) is 3.39. The van der Waals surface area contributed by atoms with Crippen molar-refractivity contribution in [2.24, 2.45) is 0 Å². The van der Waals surface area contributed by atoms with Crippen LogP contribution in [0.2, 0.25) is 0 Å². The molecule has 1 N–H and O–H groups in total. The van der Waals surface area contributed by atoms with Crippen LogP contribution in [0, 0.1) is 6.92 Å². The third-order valence-electron chi connectivity index (χ3n) is 4.01. The Labute approximate surface area is 131 Å². The van der Waals surface area contributed by atoms with Crippen molar-refractivity contribution in [1.82, 2.24) is 24.8 Å². The van der Waals surface area contributed by atoms with Gasteiger partial charge in [-0.25, -0.2) is 15.0 Å². The molecular formula is C16H22N6. The van der Waals surface area contributed by atoms with Crippen molar-refractivity contribution in [2.75, 3.05) is 18.4 Å². The van der Waals surface area contributed by atoms with E-state index in [9.17, 15) is 0 Å². The summed E-state index contributed by atoms with van der Waals surface area (Å²) in [6, 6.07) is 2.26. The van der Waals surface area contributed by atoms with E-state index in [-0.39, 0.29) is 0 Å². The minimum Gasteiger partial charge on any atom is -0.324 e. The summed E-state index contributed by atoms with van der Waals surface area (Å²) in [6.07, 6.45) is 8.64. The Bertz CT molecular complexity index is 615. The molecule has 0 saturated carbocycles. The number of hydrogen-bond acceptors (Lipinski definition) is 6. The second-order valence-corrected chi connectivity index (χ2v) is 5.61. The zero-order valence-electron chi connectivity index (χ0n) is 13.2. The van der Waals surface area contributed by atoms with Gasteiger partial charge in [-0.3, -0.25) is 9.88 Å². The van der Waals surface area contributed by atoms with Crippen molar-refractivity contribution in [3.8, 4) is 0 Å². The molecule has 0 spiro atoms. The molecule has 0 amide bonds. The van der Waals surface area contributed by atoms with Gasteiger partial charge in [0.2, 0.25) is 0 Å². The lowest BCUT2D eigenvalue weighted by Gasteiger charge is -2.33. The van der Waals surface area contributed by atoms with Gasteiger partial charge in [-0.05, 0) is 32.9 Å². The average molecular weight is 298 g/mol. The average Bonchev–Trinajstić information content (AvgIpc) is 2.55. The van der Waals surface area contributed by atoms with Crippen molar-refractivity contribution in [3.63, 3.8) is 0 Å². The number of anilines is 2. The first kappa shape index (κ1) is 14.8. The molecule has 2 aromatic rings. The molecule has 1 aliphatic rings. The lowest BCUT2D eigenvalue weighted by molar-refractivity contribution is 0.150. The van der Waals surface area contributed by atoms with Gasteiger partial charge in [0.25, 0.3) is 0 Å². The minimum absolute atomic E-state index is 0.320. The fourth-order valence-electron chi connectivity index (χ4n) is 2.96. The van der Waals surface area contributed by atoms with Crippen molar-refractivity contribution >= 4 is 11.6 Å². The Balaban J connectivity index is 1.86. The van der Waals surface area contributed by atoms with E-state index in [2.05, 4.69) is 32.1 Å². The van der Waals surface area contributed by atoms with Gasteiger partial charge < -0.3 is 5.32 Å². The number of hydrogen-bond donors (Lipinski definition) is 1. The Morgan fingerprint density at radius 3 is 2.91 bits per heavy atom. The number of aromatic nitrogens is 4. The van der Waals surface area contributed by atoms with Gasteiger partial charge in [0.05, 0.1) is 12.2 Å². The Kier molecular flexibility index (Phi) is 4.58. The van der Waals surface area contributed by atoms with Crippen LogP contribution in [0.25, 0.3) is 0 Å². The van der Waals surface area contributed by atoms with Gasteiger partial charge in [0, 0.05) is 24.2 Å². The molecule has 116 valence electrons. The van der Waals surface area contributed by atoms with Gasteiger partial charge in [-0.2, -0.15) is 0 Å². The number of nitrogens with zero attached hydrogens (tertiary/aromatic N) is 5. The lowest BCUT2D eigenvalue weighted by atomic mass is 10.0. The molecular weight excluding hydrogens is 276 g/mol. The largest absolute Gasteiger partial charge is 0.324 e. The Morgan fingerprint density at radius 2 is 2.14 bits per heavy atom. The highest BCUT2D eigenvalue weighted by molar-refractivity contribution is 5.50. The molecule has 6 nitrogen and oxygen atoms in total. The maximum absolute atomic E-state index is 4.72. The van der Waals surface area contributed by atoms with Crippen molar-refractivity contribution in [3.05, 3.63) is 36.2 Å². The molecule has 6 heteroatoms. The number of nitrogens with one attached hydrogen (secondary N) is 1.